The first-order chi connectivity index (χ1) is 11.9. The summed E-state index contributed by atoms with van der Waals surface area (Å²) in [4.78, 5) is 24.0. The van der Waals surface area contributed by atoms with Crippen molar-refractivity contribution in [3.63, 3.8) is 0 Å². The highest BCUT2D eigenvalue weighted by molar-refractivity contribution is 6.33. The van der Waals surface area contributed by atoms with E-state index in [1.54, 1.807) is 31.4 Å². The maximum Gasteiger partial charge on any atom is 0.343 e. The van der Waals surface area contributed by atoms with Crippen LogP contribution in [0, 0.1) is 5.82 Å². The van der Waals surface area contributed by atoms with Crippen LogP contribution in [0.2, 0.25) is 5.02 Å². The number of rotatable bonds is 6. The molecule has 0 heterocycles. The lowest BCUT2D eigenvalue weighted by molar-refractivity contribution is -0.129. The highest BCUT2D eigenvalue weighted by Gasteiger charge is 2.23. The molecule has 0 bridgehead atoms. The van der Waals surface area contributed by atoms with Crippen LogP contribution in [0.4, 0.5) is 4.39 Å². The van der Waals surface area contributed by atoms with E-state index in [1.807, 2.05) is 0 Å². The van der Waals surface area contributed by atoms with Crippen LogP contribution in [0.15, 0.2) is 42.5 Å². The van der Waals surface area contributed by atoms with Crippen LogP contribution >= 0.6 is 11.6 Å². The van der Waals surface area contributed by atoms with E-state index >= 15 is 0 Å². The Morgan fingerprint density at radius 1 is 1.20 bits per heavy atom. The standard InChI is InChI=1S/C18H17ClFNO4/c1-11(25-18(23)16-14(19)4-3-5-15(16)20)17(22)21-10-12-6-8-13(24-2)9-7-12/h3-9,11H,10H2,1-2H3,(H,21,22)/t11-/m1/s1. The Labute approximate surface area is 149 Å². The van der Waals surface area contributed by atoms with Crippen LogP contribution in [0.3, 0.4) is 0 Å². The summed E-state index contributed by atoms with van der Waals surface area (Å²) in [6.45, 7) is 1.65. The van der Waals surface area contributed by atoms with Crippen molar-refractivity contribution in [3.8, 4) is 5.75 Å². The summed E-state index contributed by atoms with van der Waals surface area (Å²) in [5, 5.41) is 2.57. The highest BCUT2D eigenvalue weighted by atomic mass is 35.5. The van der Waals surface area contributed by atoms with Gasteiger partial charge in [0.05, 0.1) is 12.1 Å². The summed E-state index contributed by atoms with van der Waals surface area (Å²) < 4.78 is 23.7. The molecule has 0 spiro atoms. The second-order valence-corrected chi connectivity index (χ2v) is 5.62. The number of hydrogen-bond donors (Lipinski definition) is 1. The van der Waals surface area contributed by atoms with E-state index in [1.165, 1.54) is 19.1 Å². The van der Waals surface area contributed by atoms with Gasteiger partial charge in [-0.05, 0) is 36.8 Å². The topological polar surface area (TPSA) is 64.6 Å². The van der Waals surface area contributed by atoms with Gasteiger partial charge in [-0.2, -0.15) is 0 Å². The zero-order chi connectivity index (χ0) is 18.4. The smallest absolute Gasteiger partial charge is 0.343 e. The lowest BCUT2D eigenvalue weighted by atomic mass is 10.2. The Hall–Kier alpha value is -2.60. The molecular formula is C18H17ClFNO4. The SMILES string of the molecule is COc1ccc(CNC(=O)[C@@H](C)OC(=O)c2c(F)cccc2Cl)cc1. The number of amides is 1. The first-order valence-electron chi connectivity index (χ1n) is 7.48. The van der Waals surface area contributed by atoms with Crippen molar-refractivity contribution in [1.82, 2.24) is 5.32 Å². The summed E-state index contributed by atoms with van der Waals surface area (Å²) in [5.74, 6) is -1.59. The minimum atomic E-state index is -1.10. The van der Waals surface area contributed by atoms with Crippen molar-refractivity contribution < 1.29 is 23.5 Å². The van der Waals surface area contributed by atoms with E-state index in [4.69, 9.17) is 21.1 Å². The van der Waals surface area contributed by atoms with Gasteiger partial charge >= 0.3 is 5.97 Å². The average molecular weight is 366 g/mol. The number of methoxy groups -OCH3 is 1. The number of carbonyl (C=O) groups is 2. The van der Waals surface area contributed by atoms with Gasteiger partial charge in [-0.15, -0.1) is 0 Å². The maximum atomic E-state index is 13.7. The zero-order valence-corrected chi connectivity index (χ0v) is 14.5. The number of halogens is 2. The van der Waals surface area contributed by atoms with Gasteiger partial charge in [0.2, 0.25) is 0 Å². The molecule has 2 aromatic rings. The molecule has 0 saturated heterocycles. The second kappa shape index (κ2) is 8.48. The Balaban J connectivity index is 1.92. The molecule has 132 valence electrons. The molecule has 2 rings (SSSR count). The van der Waals surface area contributed by atoms with Crippen LogP contribution in [-0.4, -0.2) is 25.1 Å². The van der Waals surface area contributed by atoms with E-state index in [9.17, 15) is 14.0 Å². The Morgan fingerprint density at radius 3 is 2.48 bits per heavy atom. The van der Waals surface area contributed by atoms with Gasteiger partial charge in [-0.1, -0.05) is 29.8 Å². The van der Waals surface area contributed by atoms with Gasteiger partial charge in [-0.25, -0.2) is 9.18 Å². The molecule has 0 saturated carbocycles. The quantitative estimate of drug-likeness (QED) is 0.797. The van der Waals surface area contributed by atoms with Gasteiger partial charge in [0, 0.05) is 6.54 Å². The maximum absolute atomic E-state index is 13.7. The molecular weight excluding hydrogens is 349 g/mol. The molecule has 1 atom stereocenters. The largest absolute Gasteiger partial charge is 0.497 e. The molecule has 0 aliphatic heterocycles. The molecule has 1 N–H and O–H groups in total. The molecule has 7 heteroatoms. The number of esters is 1. The van der Waals surface area contributed by atoms with E-state index in [0.29, 0.717) is 5.75 Å². The summed E-state index contributed by atoms with van der Waals surface area (Å²) in [7, 11) is 1.56. The third kappa shape index (κ3) is 4.93. The first kappa shape index (κ1) is 18.7. The normalized spacial score (nSPS) is 11.5. The zero-order valence-electron chi connectivity index (χ0n) is 13.7. The van der Waals surface area contributed by atoms with Crippen molar-refractivity contribution in [2.45, 2.75) is 19.6 Å². The third-order valence-electron chi connectivity index (χ3n) is 3.45. The molecule has 0 unspecified atom stereocenters. The summed E-state index contributed by atoms with van der Waals surface area (Å²) in [6, 6.07) is 11.0. The minimum Gasteiger partial charge on any atom is -0.497 e. The van der Waals surface area contributed by atoms with Crippen molar-refractivity contribution in [3.05, 3.63) is 64.4 Å². The summed E-state index contributed by atoms with van der Waals surface area (Å²) in [6.07, 6.45) is -1.10. The van der Waals surface area contributed by atoms with E-state index in [2.05, 4.69) is 5.32 Å². The predicted octanol–water partition coefficient (Wildman–Crippen LogP) is 3.35. The number of hydrogen-bond acceptors (Lipinski definition) is 4. The van der Waals surface area contributed by atoms with E-state index in [-0.39, 0.29) is 17.1 Å². The van der Waals surface area contributed by atoms with E-state index in [0.717, 1.165) is 11.6 Å². The fourth-order valence-electron chi connectivity index (χ4n) is 2.04. The fraction of sp³-hybridized carbons (Fsp3) is 0.222. The molecule has 1 amide bonds. The van der Waals surface area contributed by atoms with Crippen LogP contribution in [-0.2, 0) is 16.1 Å². The minimum absolute atomic E-state index is 0.0733. The van der Waals surface area contributed by atoms with Crippen molar-refractivity contribution in [2.24, 2.45) is 0 Å². The number of carbonyl (C=O) groups excluding carboxylic acids is 2. The summed E-state index contributed by atoms with van der Waals surface area (Å²) in [5.41, 5.74) is 0.462. The highest BCUT2D eigenvalue weighted by Crippen LogP contribution is 2.20. The van der Waals surface area contributed by atoms with Crippen molar-refractivity contribution >= 4 is 23.5 Å². The molecule has 2 aromatic carbocycles. The monoisotopic (exact) mass is 365 g/mol. The van der Waals surface area contributed by atoms with Gasteiger partial charge in [-0.3, -0.25) is 4.79 Å². The van der Waals surface area contributed by atoms with Crippen molar-refractivity contribution in [1.29, 1.82) is 0 Å². The average Bonchev–Trinajstić information content (AvgIpc) is 2.59. The third-order valence-corrected chi connectivity index (χ3v) is 3.76. The Bertz CT molecular complexity index is 744. The van der Waals surface area contributed by atoms with E-state index < -0.39 is 23.8 Å². The summed E-state index contributed by atoms with van der Waals surface area (Å²) >= 11 is 5.80. The molecule has 0 fully saturated rings. The van der Waals surface area contributed by atoms with Gasteiger partial charge in [0.25, 0.3) is 5.91 Å². The van der Waals surface area contributed by atoms with Gasteiger partial charge in [0.1, 0.15) is 17.1 Å². The van der Waals surface area contributed by atoms with Crippen LogP contribution in [0.1, 0.15) is 22.8 Å². The van der Waals surface area contributed by atoms with Gasteiger partial charge < -0.3 is 14.8 Å². The number of nitrogens with one attached hydrogen (secondary N) is 1. The second-order valence-electron chi connectivity index (χ2n) is 5.21. The van der Waals surface area contributed by atoms with Gasteiger partial charge in [0.15, 0.2) is 6.10 Å². The molecule has 0 aliphatic rings. The Kier molecular flexibility index (Phi) is 6.36. The van der Waals surface area contributed by atoms with Crippen LogP contribution in [0.5, 0.6) is 5.75 Å². The molecule has 0 aromatic heterocycles. The van der Waals surface area contributed by atoms with Crippen LogP contribution in [0.25, 0.3) is 0 Å². The fourth-order valence-corrected chi connectivity index (χ4v) is 2.28. The first-order valence-corrected chi connectivity index (χ1v) is 7.85. The molecule has 25 heavy (non-hydrogen) atoms. The lowest BCUT2D eigenvalue weighted by Gasteiger charge is -2.14. The lowest BCUT2D eigenvalue weighted by Crippen LogP contribution is -2.35. The molecule has 0 radical (unpaired) electrons. The van der Waals surface area contributed by atoms with Crippen LogP contribution < -0.4 is 10.1 Å². The molecule has 5 nitrogen and oxygen atoms in total. The van der Waals surface area contributed by atoms with Crippen molar-refractivity contribution in [2.75, 3.05) is 7.11 Å². The number of ether oxygens (including phenoxy) is 2. The Morgan fingerprint density at radius 2 is 1.88 bits per heavy atom. The number of benzene rings is 2. The molecule has 0 aliphatic carbocycles. The predicted molar refractivity (Wildman–Crippen MR) is 91.1 cm³/mol.